The van der Waals surface area contributed by atoms with Crippen LogP contribution in [0.25, 0.3) is 5.69 Å². The fourth-order valence-corrected chi connectivity index (χ4v) is 4.01. The summed E-state index contributed by atoms with van der Waals surface area (Å²) in [7, 11) is 4.69. The van der Waals surface area contributed by atoms with Crippen molar-refractivity contribution in [1.29, 1.82) is 0 Å². The van der Waals surface area contributed by atoms with E-state index in [2.05, 4.69) is 10.4 Å². The van der Waals surface area contributed by atoms with Gasteiger partial charge in [-0.2, -0.15) is 5.10 Å². The summed E-state index contributed by atoms with van der Waals surface area (Å²) in [5, 5.41) is 7.46. The minimum atomic E-state index is -0.516. The van der Waals surface area contributed by atoms with E-state index in [9.17, 15) is 9.59 Å². The van der Waals surface area contributed by atoms with E-state index in [4.69, 9.17) is 18.9 Å². The largest absolute Gasteiger partial charge is 0.497 e. The van der Waals surface area contributed by atoms with Gasteiger partial charge in [0.25, 0.3) is 0 Å². The van der Waals surface area contributed by atoms with E-state index in [1.165, 1.54) is 7.11 Å². The Morgan fingerprint density at radius 3 is 2.40 bits per heavy atom. The monoisotopic (exact) mass is 480 g/mol. The second-order valence-corrected chi connectivity index (χ2v) is 7.78. The number of anilines is 1. The summed E-state index contributed by atoms with van der Waals surface area (Å²) in [6, 6.07) is 12.3. The average Bonchev–Trinajstić information content (AvgIpc) is 3.27. The van der Waals surface area contributed by atoms with Gasteiger partial charge in [-0.15, -0.1) is 0 Å². The molecule has 2 amide bonds. The summed E-state index contributed by atoms with van der Waals surface area (Å²) in [5.41, 5.74) is 3.11. The lowest BCUT2D eigenvalue weighted by molar-refractivity contribution is 0.0516. The number of aromatic nitrogens is 2. The molecule has 1 N–H and O–H groups in total. The molecular formula is C25H28N4O6. The summed E-state index contributed by atoms with van der Waals surface area (Å²) in [4.78, 5) is 27.4. The molecule has 0 spiro atoms. The standard InChI is InChI=1S/C25H28N4O6/c1-5-35-24(30)23-19-15-28(25(31)26-16-6-11-21(33-3)22(14-16)34-4)13-12-20(19)29(27-23)17-7-9-18(32-2)10-8-17/h6-11,14H,5,12-13,15H2,1-4H3,(H,26,31). The highest BCUT2D eigenvalue weighted by atomic mass is 16.5. The van der Waals surface area contributed by atoms with E-state index >= 15 is 0 Å². The molecule has 0 radical (unpaired) electrons. The Kier molecular flexibility index (Phi) is 7.09. The Balaban J connectivity index is 1.61. The second-order valence-electron chi connectivity index (χ2n) is 7.78. The zero-order valence-electron chi connectivity index (χ0n) is 20.2. The number of fused-ring (bicyclic) bond motifs is 1. The average molecular weight is 481 g/mol. The molecule has 0 atom stereocenters. The predicted octanol–water partition coefficient (Wildman–Crippen LogP) is 3.67. The molecule has 0 fully saturated rings. The van der Waals surface area contributed by atoms with Gasteiger partial charge in [0.1, 0.15) is 5.75 Å². The van der Waals surface area contributed by atoms with Crippen LogP contribution in [0, 0.1) is 0 Å². The van der Waals surface area contributed by atoms with Crippen LogP contribution in [-0.4, -0.2) is 61.2 Å². The van der Waals surface area contributed by atoms with Crippen molar-refractivity contribution in [3.8, 4) is 22.9 Å². The lowest BCUT2D eigenvalue weighted by Gasteiger charge is -2.28. The Bertz CT molecular complexity index is 1220. The number of amides is 2. The summed E-state index contributed by atoms with van der Waals surface area (Å²) in [6.45, 7) is 2.65. The number of hydrogen-bond donors (Lipinski definition) is 1. The van der Waals surface area contributed by atoms with Crippen molar-refractivity contribution in [3.63, 3.8) is 0 Å². The van der Waals surface area contributed by atoms with Crippen LogP contribution in [0.4, 0.5) is 10.5 Å². The number of carbonyl (C=O) groups excluding carboxylic acids is 2. The van der Waals surface area contributed by atoms with Crippen LogP contribution >= 0.6 is 0 Å². The zero-order chi connectivity index (χ0) is 24.9. The van der Waals surface area contributed by atoms with Gasteiger partial charge in [0.2, 0.25) is 0 Å². The fraction of sp³-hybridized carbons (Fsp3) is 0.320. The first kappa shape index (κ1) is 23.9. The van der Waals surface area contributed by atoms with E-state index < -0.39 is 5.97 Å². The minimum Gasteiger partial charge on any atom is -0.497 e. The van der Waals surface area contributed by atoms with Gasteiger partial charge in [-0.3, -0.25) is 0 Å². The molecule has 0 saturated heterocycles. The SMILES string of the molecule is CCOC(=O)c1nn(-c2ccc(OC)cc2)c2c1CN(C(=O)Nc1ccc(OC)c(OC)c1)CC2. The molecule has 1 aliphatic rings. The van der Waals surface area contributed by atoms with Crippen molar-refractivity contribution in [3.05, 3.63) is 59.4 Å². The Morgan fingerprint density at radius 2 is 1.74 bits per heavy atom. The van der Waals surface area contributed by atoms with Gasteiger partial charge in [-0.05, 0) is 43.3 Å². The molecule has 3 aromatic rings. The molecule has 4 rings (SSSR count). The van der Waals surface area contributed by atoms with Crippen LogP contribution in [0.3, 0.4) is 0 Å². The lowest BCUT2D eigenvalue weighted by atomic mass is 10.0. The summed E-state index contributed by atoms with van der Waals surface area (Å²) >= 11 is 0. The second kappa shape index (κ2) is 10.4. The zero-order valence-corrected chi connectivity index (χ0v) is 20.2. The molecule has 0 saturated carbocycles. The topological polar surface area (TPSA) is 104 Å². The number of rotatable bonds is 7. The molecule has 184 valence electrons. The third-order valence-corrected chi connectivity index (χ3v) is 5.77. The van der Waals surface area contributed by atoms with E-state index in [0.29, 0.717) is 35.7 Å². The first-order chi connectivity index (χ1) is 17.0. The van der Waals surface area contributed by atoms with Gasteiger partial charge < -0.3 is 29.2 Å². The van der Waals surface area contributed by atoms with Gasteiger partial charge in [0, 0.05) is 30.3 Å². The van der Waals surface area contributed by atoms with Crippen molar-refractivity contribution < 1.29 is 28.5 Å². The number of methoxy groups -OCH3 is 3. The molecule has 10 nitrogen and oxygen atoms in total. The van der Waals surface area contributed by atoms with E-state index in [1.807, 2.05) is 24.3 Å². The molecule has 0 aliphatic carbocycles. The maximum Gasteiger partial charge on any atom is 0.359 e. The molecular weight excluding hydrogens is 452 g/mol. The molecule has 35 heavy (non-hydrogen) atoms. The Labute approximate surface area is 203 Å². The number of benzene rings is 2. The quantitative estimate of drug-likeness (QED) is 0.515. The summed E-state index contributed by atoms with van der Waals surface area (Å²) in [6.07, 6.45) is 0.521. The highest BCUT2D eigenvalue weighted by Gasteiger charge is 2.31. The van der Waals surface area contributed by atoms with Gasteiger partial charge in [0.05, 0.1) is 45.9 Å². The van der Waals surface area contributed by atoms with Crippen LogP contribution in [0.15, 0.2) is 42.5 Å². The first-order valence-corrected chi connectivity index (χ1v) is 11.2. The van der Waals surface area contributed by atoms with Gasteiger partial charge in [-0.1, -0.05) is 0 Å². The van der Waals surface area contributed by atoms with Gasteiger partial charge in [-0.25, -0.2) is 14.3 Å². The maximum atomic E-state index is 13.1. The van der Waals surface area contributed by atoms with E-state index in [0.717, 1.165) is 17.1 Å². The molecule has 2 heterocycles. The molecule has 10 heteroatoms. The number of nitrogens with zero attached hydrogens (tertiary/aromatic N) is 3. The van der Waals surface area contributed by atoms with Crippen LogP contribution in [0.5, 0.6) is 17.2 Å². The highest BCUT2D eigenvalue weighted by molar-refractivity contribution is 5.92. The Morgan fingerprint density at radius 1 is 1.00 bits per heavy atom. The van der Waals surface area contributed by atoms with E-state index in [1.54, 1.807) is 48.9 Å². The number of ether oxygens (including phenoxy) is 4. The van der Waals surface area contributed by atoms with Gasteiger partial charge in [0.15, 0.2) is 17.2 Å². The van der Waals surface area contributed by atoms with Crippen molar-refractivity contribution in [2.45, 2.75) is 19.9 Å². The number of esters is 1. The number of nitrogens with one attached hydrogen (secondary N) is 1. The highest BCUT2D eigenvalue weighted by Crippen LogP contribution is 2.31. The van der Waals surface area contributed by atoms with Crippen LogP contribution < -0.4 is 19.5 Å². The third-order valence-electron chi connectivity index (χ3n) is 5.77. The first-order valence-electron chi connectivity index (χ1n) is 11.2. The number of urea groups is 1. The van der Waals surface area contributed by atoms with Crippen molar-refractivity contribution in [2.24, 2.45) is 0 Å². The van der Waals surface area contributed by atoms with Crippen LogP contribution in [0.1, 0.15) is 28.7 Å². The molecule has 2 aromatic carbocycles. The number of carbonyl (C=O) groups is 2. The van der Waals surface area contributed by atoms with E-state index in [-0.39, 0.29) is 24.9 Å². The van der Waals surface area contributed by atoms with Crippen LogP contribution in [-0.2, 0) is 17.7 Å². The Hall–Kier alpha value is -4.21. The summed E-state index contributed by atoms with van der Waals surface area (Å²) in [5.74, 6) is 1.28. The molecule has 0 bridgehead atoms. The smallest absolute Gasteiger partial charge is 0.359 e. The fourth-order valence-electron chi connectivity index (χ4n) is 4.01. The molecule has 0 unspecified atom stereocenters. The van der Waals surface area contributed by atoms with Crippen molar-refractivity contribution in [1.82, 2.24) is 14.7 Å². The predicted molar refractivity (Wildman–Crippen MR) is 129 cm³/mol. The summed E-state index contributed by atoms with van der Waals surface area (Å²) < 4.78 is 22.8. The van der Waals surface area contributed by atoms with Crippen molar-refractivity contribution in [2.75, 3.05) is 39.8 Å². The lowest BCUT2D eigenvalue weighted by Crippen LogP contribution is -2.39. The van der Waals surface area contributed by atoms with Crippen LogP contribution in [0.2, 0.25) is 0 Å². The normalized spacial score (nSPS) is 12.5. The minimum absolute atomic E-state index is 0.210. The number of hydrogen-bond acceptors (Lipinski definition) is 7. The maximum absolute atomic E-state index is 13.1. The van der Waals surface area contributed by atoms with Gasteiger partial charge >= 0.3 is 12.0 Å². The van der Waals surface area contributed by atoms with Crippen molar-refractivity contribution >= 4 is 17.7 Å². The third kappa shape index (κ3) is 4.86. The molecule has 1 aliphatic heterocycles. The molecule has 1 aromatic heterocycles.